The molecule has 0 unspecified atom stereocenters. The van der Waals surface area contributed by atoms with Crippen molar-refractivity contribution < 1.29 is 14.4 Å². The highest BCUT2D eigenvalue weighted by atomic mass is 16.5. The molecule has 8 nitrogen and oxygen atoms in total. The molecule has 4 aromatic rings. The first-order valence-electron chi connectivity index (χ1n) is 12.4. The highest BCUT2D eigenvalue weighted by molar-refractivity contribution is 5.91. The quantitative estimate of drug-likeness (QED) is 0.418. The number of nitrogens with one attached hydrogen (secondary N) is 1. The van der Waals surface area contributed by atoms with Gasteiger partial charge in [-0.3, -0.25) is 14.7 Å². The number of benzene rings is 2. The van der Waals surface area contributed by atoms with Gasteiger partial charge in [0.1, 0.15) is 6.33 Å². The molecule has 2 aromatic carbocycles. The predicted octanol–water partition coefficient (Wildman–Crippen LogP) is 4.84. The van der Waals surface area contributed by atoms with Gasteiger partial charge in [-0.15, -0.1) is 0 Å². The maximum Gasteiger partial charge on any atom is 0.231 e. The first-order valence-corrected chi connectivity index (χ1v) is 12.4. The number of rotatable bonds is 5. The molecule has 8 heteroatoms. The molecule has 2 N–H and O–H groups in total. The number of aromatic nitrogens is 3. The topological polar surface area (TPSA) is 96.4 Å². The number of aliphatic hydroxyl groups is 1. The van der Waals surface area contributed by atoms with Gasteiger partial charge < -0.3 is 14.5 Å². The summed E-state index contributed by atoms with van der Waals surface area (Å²) in [6.45, 7) is 9.71. The summed E-state index contributed by atoms with van der Waals surface area (Å²) in [6.07, 6.45) is 3.59. The Balaban J connectivity index is 1.25. The third-order valence-electron chi connectivity index (χ3n) is 6.86. The van der Waals surface area contributed by atoms with E-state index < -0.39 is 5.60 Å². The van der Waals surface area contributed by atoms with Crippen molar-refractivity contribution in [3.05, 3.63) is 66.1 Å². The van der Waals surface area contributed by atoms with Gasteiger partial charge in [0, 0.05) is 35.9 Å². The van der Waals surface area contributed by atoms with E-state index in [1.807, 2.05) is 62.9 Å². The van der Waals surface area contributed by atoms with Gasteiger partial charge in [-0.1, -0.05) is 38.1 Å². The molecule has 1 saturated heterocycles. The molecule has 3 heterocycles. The highest BCUT2D eigenvalue weighted by Crippen LogP contribution is 2.29. The molecule has 0 atom stereocenters. The second kappa shape index (κ2) is 9.09. The molecule has 0 bridgehead atoms. The van der Waals surface area contributed by atoms with Gasteiger partial charge >= 0.3 is 0 Å². The molecule has 0 aliphatic carbocycles. The number of carbonyl (C=O) groups is 1. The van der Waals surface area contributed by atoms with Gasteiger partial charge in [0.25, 0.3) is 0 Å². The lowest BCUT2D eigenvalue weighted by molar-refractivity contribution is -0.115. The maximum absolute atomic E-state index is 12.5. The zero-order valence-corrected chi connectivity index (χ0v) is 21.3. The number of hydrogen-bond donors (Lipinski definition) is 2. The Morgan fingerprint density at radius 3 is 2.44 bits per heavy atom. The molecule has 0 radical (unpaired) electrons. The zero-order chi connectivity index (χ0) is 25.5. The average Bonchev–Trinajstić information content (AvgIpc) is 3.46. The van der Waals surface area contributed by atoms with E-state index >= 15 is 0 Å². The number of piperidine rings is 1. The number of amides is 1. The molecule has 5 rings (SSSR count). The highest BCUT2D eigenvalue weighted by Gasteiger charge is 2.27. The Labute approximate surface area is 210 Å². The number of nitrogens with zero attached hydrogens (tertiary/aromatic N) is 4. The Bertz CT molecular complexity index is 1370. The summed E-state index contributed by atoms with van der Waals surface area (Å²) < 4.78 is 7.31. The van der Waals surface area contributed by atoms with Crippen LogP contribution in [0.25, 0.3) is 16.7 Å². The van der Waals surface area contributed by atoms with Crippen molar-refractivity contribution in [1.29, 1.82) is 0 Å². The maximum atomic E-state index is 12.5. The molecular weight excluding hydrogens is 454 g/mol. The van der Waals surface area contributed by atoms with Crippen LogP contribution in [0.15, 0.2) is 59.4 Å². The standard InChI is InChI=1S/C28H33N5O3/c1-27(2,3)24-17-26(36-31-24)30-25(34)15-19-5-7-20(8-6-19)33-18-29-22-16-21(9-10-23(22)33)32-13-11-28(4,35)12-14-32/h5-10,16-18,35H,11-15H2,1-4H3,(H,30,34). The fourth-order valence-corrected chi connectivity index (χ4v) is 4.48. The second-order valence-corrected chi connectivity index (χ2v) is 11.0. The SMILES string of the molecule is CC1(O)CCN(c2ccc3c(c2)ncn3-c2ccc(CC(=O)Nc3cc(C(C)(C)C)no3)cc2)CC1. The van der Waals surface area contributed by atoms with E-state index in [2.05, 4.69) is 38.6 Å². The van der Waals surface area contributed by atoms with Crippen LogP contribution in [0.5, 0.6) is 0 Å². The fraction of sp³-hybridized carbons (Fsp3) is 0.393. The molecule has 1 amide bonds. The summed E-state index contributed by atoms with van der Waals surface area (Å²) in [6, 6.07) is 16.0. The van der Waals surface area contributed by atoms with Crippen molar-refractivity contribution >= 4 is 28.5 Å². The monoisotopic (exact) mass is 487 g/mol. The number of fused-ring (bicyclic) bond motifs is 1. The molecule has 1 fully saturated rings. The minimum atomic E-state index is -0.569. The fourth-order valence-electron chi connectivity index (χ4n) is 4.48. The van der Waals surface area contributed by atoms with Crippen LogP contribution in [0.2, 0.25) is 0 Å². The number of imidazole rings is 1. The summed E-state index contributed by atoms with van der Waals surface area (Å²) in [5.41, 5.74) is 5.05. The van der Waals surface area contributed by atoms with E-state index in [0.29, 0.717) is 5.88 Å². The first kappa shape index (κ1) is 24.1. The first-order chi connectivity index (χ1) is 17.1. The van der Waals surface area contributed by atoms with Gasteiger partial charge in [-0.25, -0.2) is 4.98 Å². The Morgan fingerprint density at radius 2 is 1.78 bits per heavy atom. The van der Waals surface area contributed by atoms with Crippen LogP contribution in [0, 0.1) is 0 Å². The van der Waals surface area contributed by atoms with Crippen molar-refractivity contribution in [1.82, 2.24) is 14.7 Å². The Hall–Kier alpha value is -3.65. The van der Waals surface area contributed by atoms with Crippen molar-refractivity contribution in [2.45, 2.75) is 58.0 Å². The second-order valence-electron chi connectivity index (χ2n) is 11.0. The van der Waals surface area contributed by atoms with Crippen LogP contribution in [-0.2, 0) is 16.6 Å². The van der Waals surface area contributed by atoms with Crippen molar-refractivity contribution in [2.24, 2.45) is 0 Å². The van der Waals surface area contributed by atoms with Crippen LogP contribution < -0.4 is 10.2 Å². The number of carbonyl (C=O) groups excluding carboxylic acids is 1. The molecule has 2 aromatic heterocycles. The van der Waals surface area contributed by atoms with Crippen LogP contribution in [-0.4, -0.2) is 44.4 Å². The summed E-state index contributed by atoms with van der Waals surface area (Å²) in [5.74, 6) is 0.208. The molecular formula is C28H33N5O3. The summed E-state index contributed by atoms with van der Waals surface area (Å²) in [5, 5.41) is 17.1. The molecule has 1 aliphatic heterocycles. The van der Waals surface area contributed by atoms with Gasteiger partial charge in [-0.2, -0.15) is 0 Å². The van der Waals surface area contributed by atoms with Crippen LogP contribution >= 0.6 is 0 Å². The van der Waals surface area contributed by atoms with E-state index in [1.54, 1.807) is 6.07 Å². The van der Waals surface area contributed by atoms with E-state index in [0.717, 1.165) is 59.6 Å². The number of anilines is 2. The van der Waals surface area contributed by atoms with E-state index in [9.17, 15) is 9.90 Å². The van der Waals surface area contributed by atoms with Crippen LogP contribution in [0.1, 0.15) is 51.8 Å². The Kier molecular flexibility index (Phi) is 6.08. The van der Waals surface area contributed by atoms with Gasteiger partial charge in [-0.05, 0) is 55.7 Å². The molecule has 0 spiro atoms. The molecule has 1 aliphatic rings. The lowest BCUT2D eigenvalue weighted by atomic mass is 9.92. The van der Waals surface area contributed by atoms with Crippen molar-refractivity contribution in [2.75, 3.05) is 23.3 Å². The average molecular weight is 488 g/mol. The molecule has 36 heavy (non-hydrogen) atoms. The third kappa shape index (κ3) is 5.14. The minimum Gasteiger partial charge on any atom is -0.390 e. The van der Waals surface area contributed by atoms with E-state index in [4.69, 9.17) is 4.52 Å². The predicted molar refractivity (Wildman–Crippen MR) is 141 cm³/mol. The minimum absolute atomic E-state index is 0.142. The van der Waals surface area contributed by atoms with Gasteiger partial charge in [0.15, 0.2) is 0 Å². The summed E-state index contributed by atoms with van der Waals surface area (Å²) >= 11 is 0. The largest absolute Gasteiger partial charge is 0.390 e. The smallest absolute Gasteiger partial charge is 0.231 e. The van der Waals surface area contributed by atoms with Crippen LogP contribution in [0.3, 0.4) is 0 Å². The van der Waals surface area contributed by atoms with Crippen LogP contribution in [0.4, 0.5) is 11.6 Å². The summed E-state index contributed by atoms with van der Waals surface area (Å²) in [7, 11) is 0. The van der Waals surface area contributed by atoms with Crippen molar-refractivity contribution in [3.63, 3.8) is 0 Å². The summed E-state index contributed by atoms with van der Waals surface area (Å²) in [4.78, 5) is 19.4. The lowest BCUT2D eigenvalue weighted by Crippen LogP contribution is -2.42. The lowest BCUT2D eigenvalue weighted by Gasteiger charge is -2.37. The zero-order valence-electron chi connectivity index (χ0n) is 21.3. The number of hydrogen-bond acceptors (Lipinski definition) is 6. The van der Waals surface area contributed by atoms with E-state index in [1.165, 1.54) is 0 Å². The van der Waals surface area contributed by atoms with Gasteiger partial charge in [0.05, 0.1) is 28.7 Å². The normalized spacial score (nSPS) is 15.9. The Morgan fingerprint density at radius 1 is 1.08 bits per heavy atom. The third-order valence-corrected chi connectivity index (χ3v) is 6.86. The van der Waals surface area contributed by atoms with E-state index in [-0.39, 0.29) is 17.7 Å². The molecule has 188 valence electrons. The molecule has 0 saturated carbocycles. The van der Waals surface area contributed by atoms with Gasteiger partial charge in [0.2, 0.25) is 11.8 Å². The van der Waals surface area contributed by atoms with Crippen molar-refractivity contribution in [3.8, 4) is 5.69 Å².